The maximum atomic E-state index is 11.4. The van der Waals surface area contributed by atoms with Gasteiger partial charge in [-0.05, 0) is 18.2 Å². The van der Waals surface area contributed by atoms with Crippen molar-refractivity contribution >= 4 is 29.5 Å². The molecule has 1 aromatic rings. The number of carbonyl (C=O) groups excluding carboxylic acids is 1. The average molecular weight is 281 g/mol. The number of carbonyl (C=O) groups is 4. The van der Waals surface area contributed by atoms with Crippen LogP contribution in [0, 0.1) is 0 Å². The number of rotatable bonds is 6. The smallest absolute Gasteiger partial charge is 0.336 e. The third kappa shape index (κ3) is 4.09. The molecular weight excluding hydrogens is 270 g/mol. The van der Waals surface area contributed by atoms with Crippen LogP contribution >= 0.6 is 0 Å². The molecule has 20 heavy (non-hydrogen) atoms. The van der Waals surface area contributed by atoms with Gasteiger partial charge in [0.25, 0.3) is 0 Å². The number of aliphatic carboxylic acids is 1. The first-order chi connectivity index (χ1) is 9.31. The molecular formula is C12H11NO7. The van der Waals surface area contributed by atoms with E-state index >= 15 is 0 Å². The Morgan fingerprint density at radius 2 is 1.50 bits per heavy atom. The minimum Gasteiger partial charge on any atom is -0.481 e. The van der Waals surface area contributed by atoms with Crippen molar-refractivity contribution in [3.63, 3.8) is 0 Å². The van der Waals surface area contributed by atoms with Gasteiger partial charge in [-0.1, -0.05) is 0 Å². The van der Waals surface area contributed by atoms with Crippen LogP contribution in [0.15, 0.2) is 18.2 Å². The molecule has 0 bridgehead atoms. The molecule has 8 nitrogen and oxygen atoms in total. The maximum Gasteiger partial charge on any atom is 0.336 e. The lowest BCUT2D eigenvalue weighted by Crippen LogP contribution is -2.15. The summed E-state index contributed by atoms with van der Waals surface area (Å²) in [5.74, 6) is -4.57. The summed E-state index contributed by atoms with van der Waals surface area (Å²) in [6, 6.07) is 3.29. The molecule has 0 aliphatic rings. The summed E-state index contributed by atoms with van der Waals surface area (Å²) in [6.45, 7) is 0. The summed E-state index contributed by atoms with van der Waals surface area (Å²) in [6.07, 6.45) is -0.622. The summed E-state index contributed by atoms with van der Waals surface area (Å²) in [5, 5.41) is 28.4. The standard InChI is InChI=1S/C12H11NO7/c14-9(3-4-10(15)16)13-6-1-2-7(11(17)18)8(5-6)12(19)20/h1-2,5H,3-4H2,(H,13,14)(H,15,16)(H,17,18)(H,19,20). The van der Waals surface area contributed by atoms with Crippen LogP contribution in [0.1, 0.15) is 33.6 Å². The largest absolute Gasteiger partial charge is 0.481 e. The number of hydrogen-bond donors (Lipinski definition) is 4. The van der Waals surface area contributed by atoms with Crippen LogP contribution in [0.25, 0.3) is 0 Å². The Kier molecular flexibility index (Phi) is 4.79. The SMILES string of the molecule is O=C(O)CCC(=O)Nc1ccc(C(=O)O)c(C(=O)O)c1. The van der Waals surface area contributed by atoms with Crippen LogP contribution in [0.4, 0.5) is 5.69 Å². The molecule has 1 aromatic carbocycles. The van der Waals surface area contributed by atoms with E-state index in [-0.39, 0.29) is 18.5 Å². The van der Waals surface area contributed by atoms with Gasteiger partial charge in [0.2, 0.25) is 5.91 Å². The molecule has 0 unspecified atom stereocenters. The maximum absolute atomic E-state index is 11.4. The number of carboxylic acid groups (broad SMARTS) is 3. The third-order valence-corrected chi connectivity index (χ3v) is 2.33. The number of benzene rings is 1. The number of aromatic carboxylic acids is 2. The van der Waals surface area contributed by atoms with Gasteiger partial charge in [-0.25, -0.2) is 9.59 Å². The van der Waals surface area contributed by atoms with Crippen molar-refractivity contribution in [1.29, 1.82) is 0 Å². The zero-order chi connectivity index (χ0) is 15.3. The highest BCUT2D eigenvalue weighted by Gasteiger charge is 2.17. The zero-order valence-electron chi connectivity index (χ0n) is 10.1. The van der Waals surface area contributed by atoms with E-state index in [2.05, 4.69) is 5.32 Å². The Morgan fingerprint density at radius 3 is 2.00 bits per heavy atom. The number of amides is 1. The molecule has 0 atom stereocenters. The highest BCUT2D eigenvalue weighted by molar-refractivity contribution is 6.03. The third-order valence-electron chi connectivity index (χ3n) is 2.33. The Labute approximate surface area is 112 Å². The van der Waals surface area contributed by atoms with E-state index in [4.69, 9.17) is 15.3 Å². The van der Waals surface area contributed by atoms with Gasteiger partial charge >= 0.3 is 17.9 Å². The highest BCUT2D eigenvalue weighted by atomic mass is 16.4. The predicted molar refractivity (Wildman–Crippen MR) is 65.9 cm³/mol. The van der Waals surface area contributed by atoms with Crippen molar-refractivity contribution in [1.82, 2.24) is 0 Å². The van der Waals surface area contributed by atoms with Crippen molar-refractivity contribution in [2.24, 2.45) is 0 Å². The van der Waals surface area contributed by atoms with Gasteiger partial charge in [-0.2, -0.15) is 0 Å². The summed E-state index contributed by atoms with van der Waals surface area (Å²) in [4.78, 5) is 43.4. The number of nitrogens with one attached hydrogen (secondary N) is 1. The van der Waals surface area contributed by atoms with Crippen molar-refractivity contribution in [2.75, 3.05) is 5.32 Å². The normalized spacial score (nSPS) is 9.80. The number of hydrogen-bond acceptors (Lipinski definition) is 4. The summed E-state index contributed by atoms with van der Waals surface area (Å²) >= 11 is 0. The van der Waals surface area contributed by atoms with Gasteiger partial charge in [0.15, 0.2) is 0 Å². The molecule has 0 aromatic heterocycles. The first-order valence-electron chi connectivity index (χ1n) is 5.43. The average Bonchev–Trinajstić information content (AvgIpc) is 2.35. The van der Waals surface area contributed by atoms with Crippen LogP contribution in [0.3, 0.4) is 0 Å². The Bertz CT molecular complexity index is 579. The minimum atomic E-state index is -1.44. The number of carboxylic acids is 3. The van der Waals surface area contributed by atoms with Crippen molar-refractivity contribution < 1.29 is 34.5 Å². The van der Waals surface area contributed by atoms with E-state index in [1.807, 2.05) is 0 Å². The fourth-order valence-electron chi connectivity index (χ4n) is 1.43. The lowest BCUT2D eigenvalue weighted by atomic mass is 10.1. The molecule has 0 spiro atoms. The van der Waals surface area contributed by atoms with Gasteiger partial charge in [-0.15, -0.1) is 0 Å². The van der Waals surface area contributed by atoms with E-state index in [1.165, 1.54) is 6.07 Å². The van der Waals surface area contributed by atoms with Crippen LogP contribution in [-0.4, -0.2) is 39.1 Å². The van der Waals surface area contributed by atoms with E-state index < -0.39 is 34.9 Å². The zero-order valence-corrected chi connectivity index (χ0v) is 10.1. The van der Waals surface area contributed by atoms with Gasteiger partial charge in [-0.3, -0.25) is 9.59 Å². The van der Waals surface area contributed by atoms with Crippen LogP contribution in [0.2, 0.25) is 0 Å². The molecule has 0 saturated heterocycles. The van der Waals surface area contributed by atoms with Gasteiger partial charge in [0.1, 0.15) is 0 Å². The second-order valence-corrected chi connectivity index (χ2v) is 3.81. The van der Waals surface area contributed by atoms with Crippen LogP contribution < -0.4 is 5.32 Å². The quantitative estimate of drug-likeness (QED) is 0.606. The molecule has 0 aliphatic carbocycles. The van der Waals surface area contributed by atoms with Crippen LogP contribution in [-0.2, 0) is 9.59 Å². The lowest BCUT2D eigenvalue weighted by Gasteiger charge is -2.07. The van der Waals surface area contributed by atoms with Crippen molar-refractivity contribution in [3.8, 4) is 0 Å². The monoisotopic (exact) mass is 281 g/mol. The second kappa shape index (κ2) is 6.32. The first kappa shape index (κ1) is 15.2. The Hall–Kier alpha value is -2.90. The molecule has 1 amide bonds. The highest BCUT2D eigenvalue weighted by Crippen LogP contribution is 2.16. The minimum absolute atomic E-state index is 0.0859. The second-order valence-electron chi connectivity index (χ2n) is 3.81. The molecule has 0 radical (unpaired) electrons. The van der Waals surface area contributed by atoms with Crippen LogP contribution in [0.5, 0.6) is 0 Å². The first-order valence-corrected chi connectivity index (χ1v) is 5.43. The number of anilines is 1. The van der Waals surface area contributed by atoms with E-state index in [1.54, 1.807) is 0 Å². The lowest BCUT2D eigenvalue weighted by molar-refractivity contribution is -0.138. The summed E-state index contributed by atoms with van der Waals surface area (Å²) in [7, 11) is 0. The Morgan fingerprint density at radius 1 is 0.900 bits per heavy atom. The molecule has 0 fully saturated rings. The fraction of sp³-hybridized carbons (Fsp3) is 0.167. The van der Waals surface area contributed by atoms with Gasteiger partial charge in [0.05, 0.1) is 17.5 Å². The molecule has 1 rings (SSSR count). The molecule has 0 heterocycles. The molecule has 8 heteroatoms. The molecule has 106 valence electrons. The predicted octanol–water partition coefficient (Wildman–Crippen LogP) is 0.886. The van der Waals surface area contributed by atoms with E-state index in [9.17, 15) is 19.2 Å². The van der Waals surface area contributed by atoms with Gasteiger partial charge < -0.3 is 20.6 Å². The fourth-order valence-corrected chi connectivity index (χ4v) is 1.43. The van der Waals surface area contributed by atoms with Crippen molar-refractivity contribution in [3.05, 3.63) is 29.3 Å². The molecule has 0 aliphatic heterocycles. The molecule has 0 saturated carbocycles. The topological polar surface area (TPSA) is 141 Å². The summed E-state index contributed by atoms with van der Waals surface area (Å²) < 4.78 is 0. The summed E-state index contributed by atoms with van der Waals surface area (Å²) in [5.41, 5.74) is -0.780. The van der Waals surface area contributed by atoms with Gasteiger partial charge in [0, 0.05) is 12.1 Å². The van der Waals surface area contributed by atoms with Crippen molar-refractivity contribution in [2.45, 2.75) is 12.8 Å². The molecule has 4 N–H and O–H groups in total. The van der Waals surface area contributed by atoms with E-state index in [0.717, 1.165) is 12.1 Å². The van der Waals surface area contributed by atoms with E-state index in [0.29, 0.717) is 0 Å². The Balaban J connectivity index is 2.90.